The second-order valence-corrected chi connectivity index (χ2v) is 9.42. The number of likely N-dealkylation sites (tertiary alicyclic amines) is 1. The van der Waals surface area contributed by atoms with E-state index in [0.29, 0.717) is 17.3 Å². The van der Waals surface area contributed by atoms with Crippen LogP contribution in [-0.4, -0.2) is 44.9 Å². The number of carbonyl (C=O) groups excluding carboxylic acids is 1. The zero-order valence-electron chi connectivity index (χ0n) is 21.1. The number of hydrogen-bond acceptors (Lipinski definition) is 5. The number of benzene rings is 1. The van der Waals surface area contributed by atoms with Crippen LogP contribution in [0.25, 0.3) is 11.1 Å². The molecule has 3 aromatic rings. The zero-order valence-corrected chi connectivity index (χ0v) is 21.1. The van der Waals surface area contributed by atoms with E-state index in [2.05, 4.69) is 35.6 Å². The summed E-state index contributed by atoms with van der Waals surface area (Å²) in [4.78, 5) is 17.5. The van der Waals surface area contributed by atoms with Gasteiger partial charge in [0.15, 0.2) is 0 Å². The van der Waals surface area contributed by atoms with Crippen LogP contribution in [0.15, 0.2) is 66.6 Å². The highest BCUT2D eigenvalue weighted by Gasteiger charge is 2.24. The van der Waals surface area contributed by atoms with Crippen molar-refractivity contribution in [3.8, 4) is 11.1 Å². The molecule has 0 saturated carbocycles. The summed E-state index contributed by atoms with van der Waals surface area (Å²) in [6, 6.07) is 14.6. The Morgan fingerprint density at radius 3 is 2.57 bits per heavy atom. The molecule has 7 nitrogen and oxygen atoms in total. The quantitative estimate of drug-likeness (QED) is 0.382. The van der Waals surface area contributed by atoms with Crippen molar-refractivity contribution in [1.29, 1.82) is 5.41 Å². The Labute approximate surface area is 208 Å². The average Bonchev–Trinajstić information content (AvgIpc) is 3.49. The molecule has 1 aromatic carbocycles. The Morgan fingerprint density at radius 1 is 1.23 bits per heavy atom. The highest BCUT2D eigenvalue weighted by atomic mass is 16.1. The summed E-state index contributed by atoms with van der Waals surface area (Å²) < 4.78 is 1.96. The molecule has 2 aromatic heterocycles. The lowest BCUT2D eigenvalue weighted by Gasteiger charge is -2.12. The molecule has 3 N–H and O–H groups in total. The average molecular weight is 473 g/mol. The largest absolute Gasteiger partial charge is 0.402 e. The third-order valence-electron chi connectivity index (χ3n) is 5.92. The van der Waals surface area contributed by atoms with Crippen LogP contribution in [0.2, 0.25) is 0 Å². The van der Waals surface area contributed by atoms with Crippen molar-refractivity contribution in [2.24, 2.45) is 11.7 Å². The zero-order chi connectivity index (χ0) is 25.4. The molecule has 4 rings (SSSR count). The van der Waals surface area contributed by atoms with Gasteiger partial charge in [0, 0.05) is 53.6 Å². The van der Waals surface area contributed by atoms with E-state index in [9.17, 15) is 4.79 Å². The number of amides is 1. The van der Waals surface area contributed by atoms with Crippen LogP contribution in [0.1, 0.15) is 50.1 Å². The highest BCUT2D eigenvalue weighted by Crippen LogP contribution is 2.29. The normalized spacial score (nSPS) is 15.6. The Hall–Kier alpha value is -3.74. The van der Waals surface area contributed by atoms with Gasteiger partial charge in [0.2, 0.25) is 6.41 Å². The number of rotatable bonds is 7. The number of nitrogens with one attached hydrogen (secondary N) is 1. The first-order valence-electron chi connectivity index (χ1n) is 12.0. The molecule has 35 heavy (non-hydrogen) atoms. The van der Waals surface area contributed by atoms with Crippen molar-refractivity contribution in [1.82, 2.24) is 19.7 Å². The summed E-state index contributed by atoms with van der Waals surface area (Å²) >= 11 is 0. The fraction of sp³-hybridized carbons (Fsp3) is 0.357. The van der Waals surface area contributed by atoms with Gasteiger partial charge in [-0.3, -0.25) is 14.5 Å². The topological polar surface area (TPSA) is 101 Å². The summed E-state index contributed by atoms with van der Waals surface area (Å²) in [5, 5.41) is 11.8. The van der Waals surface area contributed by atoms with Crippen LogP contribution in [0.3, 0.4) is 0 Å². The van der Waals surface area contributed by atoms with Crippen LogP contribution in [0.4, 0.5) is 0 Å². The molecular weight excluding hydrogens is 436 g/mol. The molecule has 1 atom stereocenters. The summed E-state index contributed by atoms with van der Waals surface area (Å²) in [5.74, 6) is 0.599. The standard InChI is InChI=1S/C21H22N4O.C7H14N2/c1-16-9-19(10-21(23-16)18-7-8-24(13-18)15-26)20-11-22-25(14-20)12-17-5-3-2-4-6-17;1-5(2)7(9)4-6(3)8/h2-6,9-11,14-15,18H,7-8,12-13H2,1H3;4-5,9H,8H2,1-3H3/b;6-4-,9-7?. The number of aromatic nitrogens is 3. The van der Waals surface area contributed by atoms with Gasteiger partial charge in [-0.05, 0) is 55.5 Å². The lowest BCUT2D eigenvalue weighted by molar-refractivity contribution is -0.117. The Kier molecular flexibility index (Phi) is 8.95. The molecule has 0 aliphatic carbocycles. The van der Waals surface area contributed by atoms with Crippen molar-refractivity contribution in [2.75, 3.05) is 13.1 Å². The second-order valence-electron chi connectivity index (χ2n) is 9.42. The molecule has 1 fully saturated rings. The van der Waals surface area contributed by atoms with Gasteiger partial charge in [0.1, 0.15) is 0 Å². The van der Waals surface area contributed by atoms with Crippen LogP contribution in [-0.2, 0) is 11.3 Å². The predicted octanol–water partition coefficient (Wildman–Crippen LogP) is 4.77. The van der Waals surface area contributed by atoms with E-state index in [4.69, 9.17) is 16.1 Å². The van der Waals surface area contributed by atoms with Gasteiger partial charge < -0.3 is 16.0 Å². The number of allylic oxidation sites excluding steroid dienone is 2. The Bertz CT molecular complexity index is 1160. The fourth-order valence-electron chi connectivity index (χ4n) is 3.98. The minimum Gasteiger partial charge on any atom is -0.402 e. The molecule has 3 heterocycles. The Morgan fingerprint density at radius 2 is 1.97 bits per heavy atom. The summed E-state index contributed by atoms with van der Waals surface area (Å²) in [6.45, 7) is 10.1. The van der Waals surface area contributed by atoms with Gasteiger partial charge in [-0.15, -0.1) is 0 Å². The van der Waals surface area contributed by atoms with Gasteiger partial charge >= 0.3 is 0 Å². The molecule has 0 spiro atoms. The number of aryl methyl sites for hydroxylation is 1. The van der Waals surface area contributed by atoms with Crippen LogP contribution in [0.5, 0.6) is 0 Å². The highest BCUT2D eigenvalue weighted by molar-refractivity contribution is 5.94. The lowest BCUT2D eigenvalue weighted by Crippen LogP contribution is -2.17. The van der Waals surface area contributed by atoms with Gasteiger partial charge in [-0.1, -0.05) is 44.2 Å². The fourth-order valence-corrected chi connectivity index (χ4v) is 3.98. The van der Waals surface area contributed by atoms with E-state index in [-0.39, 0.29) is 5.92 Å². The van der Waals surface area contributed by atoms with E-state index in [1.807, 2.05) is 54.7 Å². The maximum Gasteiger partial charge on any atom is 0.209 e. The van der Waals surface area contributed by atoms with E-state index in [0.717, 1.165) is 55.0 Å². The molecule has 1 aliphatic heterocycles. The lowest BCUT2D eigenvalue weighted by atomic mass is 10.00. The number of hydrogen-bond donors (Lipinski definition) is 2. The van der Waals surface area contributed by atoms with Crippen molar-refractivity contribution in [3.05, 3.63) is 83.6 Å². The van der Waals surface area contributed by atoms with E-state index >= 15 is 0 Å². The summed E-state index contributed by atoms with van der Waals surface area (Å²) in [6.07, 6.45) is 7.59. The minimum absolute atomic E-state index is 0.281. The van der Waals surface area contributed by atoms with E-state index in [1.165, 1.54) is 5.56 Å². The molecule has 1 unspecified atom stereocenters. The number of nitrogens with zero attached hydrogens (tertiary/aromatic N) is 4. The molecule has 7 heteroatoms. The van der Waals surface area contributed by atoms with E-state index < -0.39 is 0 Å². The molecule has 1 aliphatic rings. The van der Waals surface area contributed by atoms with Crippen LogP contribution < -0.4 is 5.73 Å². The molecular formula is C28H36N6O. The third-order valence-corrected chi connectivity index (χ3v) is 5.92. The van der Waals surface area contributed by atoms with E-state index in [1.54, 1.807) is 13.0 Å². The SMILES string of the molecule is C/C(N)=C/C(=N)C(C)C.Cc1cc(-c2cnn(Cc3ccccc3)c2)cc(C2CCN(C=O)C2)n1. The van der Waals surface area contributed by atoms with Crippen molar-refractivity contribution in [3.63, 3.8) is 0 Å². The minimum atomic E-state index is 0.281. The first-order valence-corrected chi connectivity index (χ1v) is 12.0. The monoisotopic (exact) mass is 472 g/mol. The second kappa shape index (κ2) is 12.1. The molecule has 1 saturated heterocycles. The smallest absolute Gasteiger partial charge is 0.209 e. The predicted molar refractivity (Wildman–Crippen MR) is 141 cm³/mol. The van der Waals surface area contributed by atoms with Gasteiger partial charge in [-0.25, -0.2) is 0 Å². The van der Waals surface area contributed by atoms with Crippen LogP contribution >= 0.6 is 0 Å². The maximum atomic E-state index is 11.0. The molecule has 0 bridgehead atoms. The van der Waals surface area contributed by atoms with Gasteiger partial charge in [0.05, 0.1) is 12.7 Å². The first kappa shape index (κ1) is 25.9. The first-order chi connectivity index (χ1) is 16.7. The van der Waals surface area contributed by atoms with Crippen molar-refractivity contribution >= 4 is 12.1 Å². The molecule has 1 amide bonds. The number of carbonyl (C=O) groups is 1. The summed E-state index contributed by atoms with van der Waals surface area (Å²) in [7, 11) is 0. The number of nitrogens with two attached hydrogens (primary N) is 1. The van der Waals surface area contributed by atoms with Crippen molar-refractivity contribution in [2.45, 2.75) is 46.6 Å². The van der Waals surface area contributed by atoms with Gasteiger partial charge in [0.25, 0.3) is 0 Å². The summed E-state index contributed by atoms with van der Waals surface area (Å²) in [5.41, 5.74) is 12.2. The Balaban J connectivity index is 0.000000327. The third kappa shape index (κ3) is 7.64. The van der Waals surface area contributed by atoms with Crippen LogP contribution in [0, 0.1) is 18.3 Å². The molecule has 184 valence electrons. The van der Waals surface area contributed by atoms with Gasteiger partial charge in [-0.2, -0.15) is 5.10 Å². The van der Waals surface area contributed by atoms with Crippen molar-refractivity contribution < 1.29 is 4.79 Å². The maximum absolute atomic E-state index is 11.0. The molecule has 0 radical (unpaired) electrons. The number of pyridine rings is 1.